The van der Waals surface area contributed by atoms with Gasteiger partial charge in [-0.2, -0.15) is 0 Å². The Morgan fingerprint density at radius 2 is 0.857 bits per heavy atom. The van der Waals surface area contributed by atoms with Gasteiger partial charge in [-0.05, 0) is 58.2 Å². The van der Waals surface area contributed by atoms with Crippen molar-refractivity contribution in [2.45, 2.75) is 24.7 Å². The van der Waals surface area contributed by atoms with E-state index < -0.39 is 13.3 Å². The fourth-order valence-electron chi connectivity index (χ4n) is 7.36. The van der Waals surface area contributed by atoms with Crippen LogP contribution in [0.25, 0.3) is 0 Å². The molecule has 0 aromatic heterocycles. The molecule has 6 aromatic rings. The summed E-state index contributed by atoms with van der Waals surface area (Å²) in [4.78, 5) is 0. The molecule has 6 aromatic carbocycles. The van der Waals surface area contributed by atoms with Crippen molar-refractivity contribution >= 4 is 23.8 Å². The predicted molar refractivity (Wildman–Crippen MR) is 176 cm³/mol. The average Bonchev–Trinajstić information content (AvgIpc) is 3.04. The Morgan fingerprint density at radius 1 is 0.405 bits per heavy atom. The molecular weight excluding hydrogens is 527 g/mol. The highest BCUT2D eigenvalue weighted by Crippen LogP contribution is 2.61. The largest absolute Gasteiger partial charge is 0.457 e. The lowest BCUT2D eigenvalue weighted by Crippen LogP contribution is -2.43. The summed E-state index contributed by atoms with van der Waals surface area (Å²) in [5.74, 6) is 1.87. The first-order valence-electron chi connectivity index (χ1n) is 14.6. The third-order valence-corrected chi connectivity index (χ3v) is 11.6. The predicted octanol–water partition coefficient (Wildman–Crippen LogP) is 8.57. The van der Waals surface area contributed by atoms with Crippen molar-refractivity contribution < 1.29 is 4.74 Å². The van der Waals surface area contributed by atoms with E-state index in [1.54, 1.807) is 0 Å². The first-order chi connectivity index (χ1) is 20.6. The Labute approximate surface area is 249 Å². The van der Waals surface area contributed by atoms with Crippen molar-refractivity contribution in [2.24, 2.45) is 0 Å². The number of rotatable bonds is 3. The van der Waals surface area contributed by atoms with Gasteiger partial charge >= 0.3 is 0 Å². The van der Waals surface area contributed by atoms with Crippen LogP contribution in [0.5, 0.6) is 11.5 Å². The van der Waals surface area contributed by atoms with Gasteiger partial charge in [0, 0.05) is 16.5 Å². The molecular formula is C40H31OP. The van der Waals surface area contributed by atoms with Crippen LogP contribution in [0, 0.1) is 0 Å². The Hall–Kier alpha value is -4.45. The number of benzene rings is 6. The molecule has 8 rings (SSSR count). The van der Waals surface area contributed by atoms with Crippen LogP contribution < -0.4 is 20.7 Å². The van der Waals surface area contributed by atoms with E-state index in [-0.39, 0.29) is 5.41 Å². The maximum atomic E-state index is 6.86. The molecule has 0 atom stereocenters. The number of ether oxygens (including phenoxy) is 1. The summed E-state index contributed by atoms with van der Waals surface area (Å²) in [5.41, 5.74) is 7.22. The van der Waals surface area contributed by atoms with Gasteiger partial charge in [0.15, 0.2) is 0 Å². The van der Waals surface area contributed by atoms with Crippen molar-refractivity contribution in [1.82, 2.24) is 0 Å². The first kappa shape index (κ1) is 25.3. The van der Waals surface area contributed by atoms with Crippen molar-refractivity contribution in [3.63, 3.8) is 0 Å². The third kappa shape index (κ3) is 3.54. The second-order valence-electron chi connectivity index (χ2n) is 11.8. The zero-order valence-corrected chi connectivity index (χ0v) is 24.7. The molecule has 0 radical (unpaired) electrons. The summed E-state index contributed by atoms with van der Waals surface area (Å²) in [6.07, 6.45) is 0. The molecule has 42 heavy (non-hydrogen) atoms. The van der Waals surface area contributed by atoms with Gasteiger partial charge in [-0.1, -0.05) is 153 Å². The molecule has 1 nitrogen and oxygen atoms in total. The fourth-order valence-corrected chi connectivity index (χ4v) is 9.66. The number of fused-ring (bicyclic) bond motifs is 8. The van der Waals surface area contributed by atoms with Crippen LogP contribution in [0.15, 0.2) is 152 Å². The summed E-state index contributed by atoms with van der Waals surface area (Å²) in [6.45, 7) is 4.72. The minimum atomic E-state index is -0.758. The summed E-state index contributed by atoms with van der Waals surface area (Å²) in [5, 5.41) is 3.95. The standard InChI is InChI=1S/C40H31OP/c1-39(2)31-19-9-11-21-33(31)40(34-22-12-10-20-32(34)39)35-23-13-14-24-37(35)41-38-27-30(25-26-36(38)40)42(28-15-5-3-6-16-28)29-17-7-4-8-18-29/h3-27H,1-2H3. The van der Waals surface area contributed by atoms with E-state index in [1.165, 1.54) is 49.3 Å². The maximum absolute atomic E-state index is 6.86. The lowest BCUT2D eigenvalue weighted by Gasteiger charge is -2.50. The van der Waals surface area contributed by atoms with E-state index in [9.17, 15) is 0 Å². The molecule has 0 saturated heterocycles. The zero-order valence-electron chi connectivity index (χ0n) is 23.8. The SMILES string of the molecule is CC1(C)c2ccccc2C2(c3ccccc3Oc3cc(P(c4ccccc4)c4ccccc4)ccc32)c2ccccc21. The topological polar surface area (TPSA) is 9.23 Å². The number of hydrogen-bond acceptors (Lipinski definition) is 1. The molecule has 1 aliphatic heterocycles. The number of hydrogen-bond donors (Lipinski definition) is 0. The van der Waals surface area contributed by atoms with E-state index in [0.29, 0.717) is 0 Å². The van der Waals surface area contributed by atoms with Gasteiger partial charge in [-0.25, -0.2) is 0 Å². The molecule has 0 fully saturated rings. The van der Waals surface area contributed by atoms with E-state index in [0.717, 1.165) is 11.5 Å². The van der Waals surface area contributed by atoms with Gasteiger partial charge in [0.1, 0.15) is 11.5 Å². The van der Waals surface area contributed by atoms with Crippen LogP contribution in [0.4, 0.5) is 0 Å². The minimum Gasteiger partial charge on any atom is -0.457 e. The highest BCUT2D eigenvalue weighted by Gasteiger charge is 2.52. The van der Waals surface area contributed by atoms with Gasteiger partial charge < -0.3 is 4.74 Å². The van der Waals surface area contributed by atoms with Gasteiger partial charge in [-0.15, -0.1) is 0 Å². The molecule has 1 aliphatic carbocycles. The van der Waals surface area contributed by atoms with Crippen LogP contribution in [-0.4, -0.2) is 0 Å². The molecule has 0 N–H and O–H groups in total. The zero-order chi connectivity index (χ0) is 28.3. The molecule has 0 unspecified atom stereocenters. The fraction of sp³-hybridized carbons (Fsp3) is 0.100. The first-order valence-corrected chi connectivity index (χ1v) is 16.0. The van der Waals surface area contributed by atoms with Gasteiger partial charge in [-0.3, -0.25) is 0 Å². The van der Waals surface area contributed by atoms with Gasteiger partial charge in [0.2, 0.25) is 0 Å². The quantitative estimate of drug-likeness (QED) is 0.197. The van der Waals surface area contributed by atoms with Crippen LogP contribution >= 0.6 is 7.92 Å². The van der Waals surface area contributed by atoms with Gasteiger partial charge in [0.05, 0.1) is 5.41 Å². The van der Waals surface area contributed by atoms with Crippen LogP contribution in [0.2, 0.25) is 0 Å². The lowest BCUT2D eigenvalue weighted by atomic mass is 9.53. The molecule has 0 amide bonds. The summed E-state index contributed by atoms with van der Waals surface area (Å²) in [6, 6.07) is 55.5. The highest BCUT2D eigenvalue weighted by atomic mass is 31.1. The summed E-state index contributed by atoms with van der Waals surface area (Å²) >= 11 is 0. The van der Waals surface area contributed by atoms with Crippen molar-refractivity contribution in [2.75, 3.05) is 0 Å². The van der Waals surface area contributed by atoms with Crippen molar-refractivity contribution in [3.8, 4) is 11.5 Å². The molecule has 1 spiro atoms. The van der Waals surface area contributed by atoms with Crippen molar-refractivity contribution in [3.05, 3.63) is 185 Å². The average molecular weight is 559 g/mol. The van der Waals surface area contributed by atoms with E-state index >= 15 is 0 Å². The van der Waals surface area contributed by atoms with Crippen LogP contribution in [-0.2, 0) is 10.8 Å². The second kappa shape index (κ2) is 9.55. The molecule has 202 valence electrons. The molecule has 0 saturated carbocycles. The van der Waals surface area contributed by atoms with Crippen LogP contribution in [0.1, 0.15) is 47.2 Å². The molecule has 0 bridgehead atoms. The minimum absolute atomic E-state index is 0.124. The van der Waals surface area contributed by atoms with Crippen molar-refractivity contribution in [1.29, 1.82) is 0 Å². The normalized spacial score (nSPS) is 15.2. The molecule has 2 heteroatoms. The number of para-hydroxylation sites is 1. The van der Waals surface area contributed by atoms with E-state index in [1.807, 2.05) is 0 Å². The smallest absolute Gasteiger partial charge is 0.132 e. The third-order valence-electron chi connectivity index (χ3n) is 9.18. The molecule has 2 aliphatic rings. The van der Waals surface area contributed by atoms with Gasteiger partial charge in [0.25, 0.3) is 0 Å². The second-order valence-corrected chi connectivity index (χ2v) is 14.0. The maximum Gasteiger partial charge on any atom is 0.132 e. The summed E-state index contributed by atoms with van der Waals surface area (Å²) < 4.78 is 6.86. The van der Waals surface area contributed by atoms with E-state index in [4.69, 9.17) is 4.74 Å². The Bertz CT molecular complexity index is 1850. The Balaban J connectivity index is 1.44. The van der Waals surface area contributed by atoms with Crippen LogP contribution in [0.3, 0.4) is 0 Å². The molecule has 1 heterocycles. The summed E-state index contributed by atoms with van der Waals surface area (Å²) in [7, 11) is -0.758. The Kier molecular flexibility index (Phi) is 5.75. The van der Waals surface area contributed by atoms with E-state index in [2.05, 4.69) is 166 Å². The lowest BCUT2D eigenvalue weighted by molar-refractivity contribution is 0.425. The highest BCUT2D eigenvalue weighted by molar-refractivity contribution is 7.79. The monoisotopic (exact) mass is 558 g/mol. The Morgan fingerprint density at radius 3 is 1.43 bits per heavy atom.